The second-order valence-corrected chi connectivity index (χ2v) is 4.69. The predicted molar refractivity (Wildman–Crippen MR) is 69.3 cm³/mol. The zero-order valence-corrected chi connectivity index (χ0v) is 10.9. The van der Waals surface area contributed by atoms with Crippen molar-refractivity contribution in [2.75, 3.05) is 0 Å². The summed E-state index contributed by atoms with van der Waals surface area (Å²) in [5.41, 5.74) is -0.348. The molecule has 2 N–H and O–H groups in total. The van der Waals surface area contributed by atoms with E-state index in [1.807, 2.05) is 37.3 Å². The Morgan fingerprint density at radius 1 is 1.05 bits per heavy atom. The van der Waals surface area contributed by atoms with E-state index >= 15 is 0 Å². The van der Waals surface area contributed by atoms with E-state index in [1.54, 1.807) is 6.92 Å². The lowest BCUT2D eigenvalue weighted by Gasteiger charge is -2.38. The molecule has 1 aromatic rings. The average Bonchev–Trinajstić information content (AvgIpc) is 2.39. The standard InChI is InChI=1S/C14H16N2O3/c1-3-14(9(2)10-7-5-4-6-8-10)11(17)15-13(19)16-12(14)18/h4-9H,3H2,1-2H3,(H2,15,16,17,18,19)/t9-/m1/s1. The third-order valence-corrected chi connectivity index (χ3v) is 3.86. The molecule has 100 valence electrons. The molecule has 0 unspecified atom stereocenters. The smallest absolute Gasteiger partial charge is 0.277 e. The Hall–Kier alpha value is -2.17. The molecule has 0 spiro atoms. The first-order chi connectivity index (χ1) is 9.02. The van der Waals surface area contributed by atoms with Crippen molar-refractivity contribution in [1.82, 2.24) is 10.6 Å². The maximum absolute atomic E-state index is 12.2. The van der Waals surface area contributed by atoms with Gasteiger partial charge in [-0.15, -0.1) is 0 Å². The Labute approximate surface area is 111 Å². The van der Waals surface area contributed by atoms with Gasteiger partial charge >= 0.3 is 6.03 Å². The molecule has 5 nitrogen and oxygen atoms in total. The monoisotopic (exact) mass is 260 g/mol. The summed E-state index contributed by atoms with van der Waals surface area (Å²) in [5.74, 6) is -1.37. The molecule has 0 aliphatic carbocycles. The predicted octanol–water partition coefficient (Wildman–Crippen LogP) is 1.55. The summed E-state index contributed by atoms with van der Waals surface area (Å²) in [6, 6.07) is 8.59. The molecule has 1 aromatic carbocycles. The van der Waals surface area contributed by atoms with Crippen LogP contribution in [0.3, 0.4) is 0 Å². The average molecular weight is 260 g/mol. The summed E-state index contributed by atoms with van der Waals surface area (Å²) in [4.78, 5) is 35.6. The molecule has 1 heterocycles. The number of carbonyl (C=O) groups excluding carboxylic acids is 3. The zero-order chi connectivity index (χ0) is 14.0. The number of nitrogens with one attached hydrogen (secondary N) is 2. The van der Waals surface area contributed by atoms with Gasteiger partial charge in [-0.25, -0.2) is 4.79 Å². The minimum Gasteiger partial charge on any atom is -0.277 e. The number of benzene rings is 1. The van der Waals surface area contributed by atoms with Gasteiger partial charge in [0.05, 0.1) is 0 Å². The quantitative estimate of drug-likeness (QED) is 0.810. The van der Waals surface area contributed by atoms with Crippen LogP contribution in [0.15, 0.2) is 30.3 Å². The molecule has 0 saturated carbocycles. The molecule has 1 atom stereocenters. The number of amides is 4. The molecule has 1 aliphatic heterocycles. The van der Waals surface area contributed by atoms with Crippen molar-refractivity contribution >= 4 is 17.8 Å². The van der Waals surface area contributed by atoms with Crippen LogP contribution in [0, 0.1) is 5.41 Å². The van der Waals surface area contributed by atoms with Crippen molar-refractivity contribution in [3.8, 4) is 0 Å². The van der Waals surface area contributed by atoms with Gasteiger partial charge < -0.3 is 0 Å². The number of carbonyl (C=O) groups is 3. The molecular formula is C14H16N2O3. The molecule has 1 saturated heterocycles. The zero-order valence-electron chi connectivity index (χ0n) is 10.9. The number of urea groups is 1. The van der Waals surface area contributed by atoms with Crippen molar-refractivity contribution in [3.63, 3.8) is 0 Å². The van der Waals surface area contributed by atoms with E-state index in [4.69, 9.17) is 0 Å². The Morgan fingerprint density at radius 2 is 1.58 bits per heavy atom. The topological polar surface area (TPSA) is 75.3 Å². The van der Waals surface area contributed by atoms with E-state index in [0.717, 1.165) is 5.56 Å². The Bertz CT molecular complexity index is 505. The second kappa shape index (κ2) is 4.84. The van der Waals surface area contributed by atoms with Gasteiger partial charge in [-0.1, -0.05) is 44.2 Å². The van der Waals surface area contributed by atoms with E-state index in [0.29, 0.717) is 6.42 Å². The van der Waals surface area contributed by atoms with Gasteiger partial charge in [0.15, 0.2) is 0 Å². The highest BCUT2D eigenvalue weighted by Gasteiger charge is 2.52. The largest absolute Gasteiger partial charge is 0.328 e. The maximum Gasteiger partial charge on any atom is 0.328 e. The van der Waals surface area contributed by atoms with Gasteiger partial charge in [0.2, 0.25) is 11.8 Å². The van der Waals surface area contributed by atoms with E-state index in [-0.39, 0.29) is 5.92 Å². The second-order valence-electron chi connectivity index (χ2n) is 4.69. The lowest BCUT2D eigenvalue weighted by atomic mass is 9.69. The molecule has 1 aliphatic rings. The van der Waals surface area contributed by atoms with Crippen molar-refractivity contribution in [1.29, 1.82) is 0 Å². The van der Waals surface area contributed by atoms with Crippen LogP contribution >= 0.6 is 0 Å². The van der Waals surface area contributed by atoms with Crippen molar-refractivity contribution in [3.05, 3.63) is 35.9 Å². The summed E-state index contributed by atoms with van der Waals surface area (Å²) in [5, 5.41) is 4.38. The van der Waals surface area contributed by atoms with Crippen molar-refractivity contribution in [2.45, 2.75) is 26.2 Å². The molecule has 1 fully saturated rings. The number of imide groups is 2. The van der Waals surface area contributed by atoms with Crippen LogP contribution in [0.2, 0.25) is 0 Å². The summed E-state index contributed by atoms with van der Waals surface area (Å²) >= 11 is 0. The normalized spacial score (nSPS) is 19.6. The highest BCUT2D eigenvalue weighted by molar-refractivity contribution is 6.19. The number of barbiturate groups is 1. The molecule has 0 bridgehead atoms. The van der Waals surface area contributed by atoms with Gasteiger partial charge in [0.25, 0.3) is 0 Å². The van der Waals surface area contributed by atoms with Gasteiger partial charge in [0, 0.05) is 5.92 Å². The summed E-state index contributed by atoms with van der Waals surface area (Å²) in [7, 11) is 0. The van der Waals surface area contributed by atoms with Crippen molar-refractivity contribution < 1.29 is 14.4 Å². The highest BCUT2D eigenvalue weighted by atomic mass is 16.2. The molecular weight excluding hydrogens is 244 g/mol. The maximum atomic E-state index is 12.2. The van der Waals surface area contributed by atoms with E-state index < -0.39 is 23.3 Å². The third kappa shape index (κ3) is 2.01. The number of rotatable bonds is 3. The van der Waals surface area contributed by atoms with Crippen LogP contribution < -0.4 is 10.6 Å². The Morgan fingerprint density at radius 3 is 2.05 bits per heavy atom. The van der Waals surface area contributed by atoms with E-state index in [9.17, 15) is 14.4 Å². The highest BCUT2D eigenvalue weighted by Crippen LogP contribution is 2.40. The first-order valence-corrected chi connectivity index (χ1v) is 6.24. The summed E-state index contributed by atoms with van der Waals surface area (Å²) < 4.78 is 0. The lowest BCUT2D eigenvalue weighted by Crippen LogP contribution is -2.63. The Balaban J connectivity index is 2.45. The van der Waals surface area contributed by atoms with Crippen LogP contribution in [0.1, 0.15) is 31.7 Å². The molecule has 2 rings (SSSR count). The lowest BCUT2D eigenvalue weighted by molar-refractivity contribution is -0.146. The van der Waals surface area contributed by atoms with Crippen LogP contribution in [0.4, 0.5) is 4.79 Å². The van der Waals surface area contributed by atoms with E-state index in [2.05, 4.69) is 10.6 Å². The van der Waals surface area contributed by atoms with Gasteiger partial charge in [-0.05, 0) is 12.0 Å². The fraction of sp³-hybridized carbons (Fsp3) is 0.357. The molecule has 0 radical (unpaired) electrons. The fourth-order valence-corrected chi connectivity index (χ4v) is 2.61. The Kier molecular flexibility index (Phi) is 3.38. The molecule has 5 heteroatoms. The summed E-state index contributed by atoms with van der Waals surface area (Å²) in [6.45, 7) is 3.60. The SMILES string of the molecule is CCC1([C@H](C)c2ccccc2)C(=O)NC(=O)NC1=O. The molecule has 0 aromatic heterocycles. The third-order valence-electron chi connectivity index (χ3n) is 3.86. The van der Waals surface area contributed by atoms with Crippen molar-refractivity contribution in [2.24, 2.45) is 5.41 Å². The van der Waals surface area contributed by atoms with Crippen LogP contribution in [0.25, 0.3) is 0 Å². The van der Waals surface area contributed by atoms with E-state index in [1.165, 1.54) is 0 Å². The van der Waals surface area contributed by atoms with Crippen LogP contribution in [-0.4, -0.2) is 17.8 Å². The minimum absolute atomic E-state index is 0.313. The summed E-state index contributed by atoms with van der Waals surface area (Å²) in [6.07, 6.45) is 0.327. The minimum atomic E-state index is -1.24. The molecule has 19 heavy (non-hydrogen) atoms. The first kappa shape index (κ1) is 13.3. The van der Waals surface area contributed by atoms with Gasteiger partial charge in [-0.2, -0.15) is 0 Å². The number of hydrogen-bond acceptors (Lipinski definition) is 3. The number of hydrogen-bond donors (Lipinski definition) is 2. The fourth-order valence-electron chi connectivity index (χ4n) is 2.61. The molecule has 4 amide bonds. The first-order valence-electron chi connectivity index (χ1n) is 6.24. The van der Waals surface area contributed by atoms with Gasteiger partial charge in [-0.3, -0.25) is 20.2 Å². The van der Waals surface area contributed by atoms with Crippen LogP contribution in [0.5, 0.6) is 0 Å². The van der Waals surface area contributed by atoms with Gasteiger partial charge in [0.1, 0.15) is 5.41 Å². The van der Waals surface area contributed by atoms with Crippen LogP contribution in [-0.2, 0) is 9.59 Å².